The quantitative estimate of drug-likeness (QED) is 0.620. The van der Waals surface area contributed by atoms with E-state index in [1.54, 1.807) is 17.0 Å². The average molecular weight is 436 g/mol. The van der Waals surface area contributed by atoms with E-state index >= 15 is 0 Å². The number of fused-ring (bicyclic) bond motifs is 3. The number of rotatable bonds is 6. The second kappa shape index (κ2) is 7.80. The van der Waals surface area contributed by atoms with Crippen molar-refractivity contribution in [2.75, 3.05) is 6.61 Å². The zero-order chi connectivity index (χ0) is 22.4. The molecule has 3 unspecified atom stereocenters. The lowest BCUT2D eigenvalue weighted by Gasteiger charge is -2.29. The summed E-state index contributed by atoms with van der Waals surface area (Å²) in [5.74, 6) is -2.35. The number of halogens is 1. The number of amides is 1. The normalized spacial score (nSPS) is 21.2. The summed E-state index contributed by atoms with van der Waals surface area (Å²) in [5.41, 5.74) is 0.940. The molecule has 1 aliphatic carbocycles. The fourth-order valence-corrected chi connectivity index (χ4v) is 4.52. The Morgan fingerprint density at radius 3 is 2.38 bits per heavy atom. The monoisotopic (exact) mass is 436 g/mol. The number of ether oxygens (including phenoxy) is 1. The number of benzene rings is 2. The highest BCUT2D eigenvalue weighted by molar-refractivity contribution is 5.97. The van der Waals surface area contributed by atoms with E-state index in [9.17, 15) is 24.2 Å². The van der Waals surface area contributed by atoms with Gasteiger partial charge in [-0.2, -0.15) is 0 Å². The van der Waals surface area contributed by atoms with Gasteiger partial charge in [-0.05, 0) is 23.3 Å². The lowest BCUT2D eigenvalue weighted by atomic mass is 10.1. The van der Waals surface area contributed by atoms with E-state index in [1.807, 2.05) is 30.3 Å². The Kier molecular flexibility index (Phi) is 4.94. The maximum Gasteiger partial charge on any atom is 0.275 e. The molecule has 3 atom stereocenters. The summed E-state index contributed by atoms with van der Waals surface area (Å²) in [4.78, 5) is 27.4. The van der Waals surface area contributed by atoms with Gasteiger partial charge in [0, 0.05) is 18.5 Å². The van der Waals surface area contributed by atoms with Crippen molar-refractivity contribution in [3.8, 4) is 11.5 Å². The van der Waals surface area contributed by atoms with Crippen LogP contribution in [0.3, 0.4) is 0 Å². The molecule has 2 aliphatic rings. The summed E-state index contributed by atoms with van der Waals surface area (Å²) < 4.78 is 20.5. The van der Waals surface area contributed by atoms with Crippen LogP contribution in [0.15, 0.2) is 65.5 Å². The Hall–Kier alpha value is -3.65. The van der Waals surface area contributed by atoms with Crippen LogP contribution in [0.4, 0.5) is 4.39 Å². The summed E-state index contributed by atoms with van der Waals surface area (Å²) in [5, 5.41) is 20.3. The lowest BCUT2D eigenvalue weighted by molar-refractivity contribution is 0.0647. The van der Waals surface area contributed by atoms with Crippen molar-refractivity contribution in [2.45, 2.75) is 25.2 Å². The summed E-state index contributed by atoms with van der Waals surface area (Å²) in [7, 11) is 0. The molecule has 8 heteroatoms. The summed E-state index contributed by atoms with van der Waals surface area (Å²) >= 11 is 0. The number of aromatic hydroxyl groups is 2. The van der Waals surface area contributed by atoms with E-state index in [-0.39, 0.29) is 36.1 Å². The average Bonchev–Trinajstić information content (AvgIpc) is 3.49. The second-order valence-corrected chi connectivity index (χ2v) is 8.14. The topological polar surface area (TPSA) is 92.0 Å². The largest absolute Gasteiger partial charge is 0.504 e. The van der Waals surface area contributed by atoms with Crippen molar-refractivity contribution in [1.29, 1.82) is 0 Å². The molecule has 5 rings (SSSR count). The molecular formula is C24H21FN2O5. The van der Waals surface area contributed by atoms with Crippen LogP contribution in [0.2, 0.25) is 0 Å². The SMILES string of the molecule is O=C1c2c(O)c(O)cc(=O)n2C2C(COCc3ccccc3)C2N1Cc1ccc(F)cc1. The van der Waals surface area contributed by atoms with Crippen LogP contribution >= 0.6 is 0 Å². The maximum absolute atomic E-state index is 13.3. The highest BCUT2D eigenvalue weighted by atomic mass is 19.1. The summed E-state index contributed by atoms with van der Waals surface area (Å²) in [6, 6.07) is 15.7. The van der Waals surface area contributed by atoms with Crippen molar-refractivity contribution < 1.29 is 24.1 Å². The first kappa shape index (κ1) is 20.3. The zero-order valence-corrected chi connectivity index (χ0v) is 17.0. The van der Waals surface area contributed by atoms with Crippen molar-refractivity contribution in [3.05, 3.63) is 93.7 Å². The number of pyridine rings is 1. The van der Waals surface area contributed by atoms with Crippen LogP contribution in [0.5, 0.6) is 11.5 Å². The first-order chi connectivity index (χ1) is 15.5. The highest BCUT2D eigenvalue weighted by Gasteiger charge is 2.61. The third-order valence-corrected chi connectivity index (χ3v) is 6.10. The van der Waals surface area contributed by atoms with Crippen LogP contribution < -0.4 is 5.56 Å². The molecule has 2 heterocycles. The molecule has 32 heavy (non-hydrogen) atoms. The minimum atomic E-state index is -0.632. The molecule has 3 aromatic rings. The third-order valence-electron chi connectivity index (χ3n) is 6.10. The Morgan fingerprint density at radius 2 is 1.66 bits per heavy atom. The van der Waals surface area contributed by atoms with E-state index < -0.39 is 23.0 Å². The third kappa shape index (κ3) is 3.42. The molecule has 1 aromatic heterocycles. The van der Waals surface area contributed by atoms with Gasteiger partial charge in [0.05, 0.1) is 25.3 Å². The van der Waals surface area contributed by atoms with Gasteiger partial charge in [-0.1, -0.05) is 42.5 Å². The van der Waals surface area contributed by atoms with Crippen LogP contribution in [0.1, 0.15) is 27.7 Å². The number of hydrogen-bond acceptors (Lipinski definition) is 5. The van der Waals surface area contributed by atoms with Crippen molar-refractivity contribution in [2.24, 2.45) is 5.92 Å². The van der Waals surface area contributed by atoms with Crippen molar-refractivity contribution in [1.82, 2.24) is 9.47 Å². The zero-order valence-electron chi connectivity index (χ0n) is 17.0. The smallest absolute Gasteiger partial charge is 0.275 e. The van der Waals surface area contributed by atoms with E-state index in [2.05, 4.69) is 0 Å². The lowest BCUT2D eigenvalue weighted by Crippen LogP contribution is -2.42. The molecule has 1 amide bonds. The number of aromatic nitrogens is 1. The van der Waals surface area contributed by atoms with E-state index in [0.29, 0.717) is 18.8 Å². The molecule has 0 saturated heterocycles. The number of carbonyl (C=O) groups is 1. The Balaban J connectivity index is 1.45. The van der Waals surface area contributed by atoms with Gasteiger partial charge in [-0.25, -0.2) is 4.39 Å². The van der Waals surface area contributed by atoms with E-state index in [1.165, 1.54) is 16.7 Å². The van der Waals surface area contributed by atoms with Crippen molar-refractivity contribution >= 4 is 5.91 Å². The number of carbonyl (C=O) groups excluding carboxylic acids is 1. The van der Waals surface area contributed by atoms with Crippen molar-refractivity contribution in [3.63, 3.8) is 0 Å². The van der Waals surface area contributed by atoms with Gasteiger partial charge >= 0.3 is 0 Å². The second-order valence-electron chi connectivity index (χ2n) is 8.14. The van der Waals surface area contributed by atoms with Gasteiger partial charge in [0.2, 0.25) is 0 Å². The Labute approximate surface area is 182 Å². The molecule has 1 aliphatic heterocycles. The number of hydrogen-bond donors (Lipinski definition) is 2. The van der Waals surface area contributed by atoms with Crippen LogP contribution in [0, 0.1) is 11.7 Å². The molecule has 0 spiro atoms. The molecule has 7 nitrogen and oxygen atoms in total. The van der Waals surface area contributed by atoms with Crippen LogP contribution in [0.25, 0.3) is 0 Å². The van der Waals surface area contributed by atoms with Gasteiger partial charge in [-0.3, -0.25) is 14.2 Å². The predicted octanol–water partition coefficient (Wildman–Crippen LogP) is 2.81. The van der Waals surface area contributed by atoms with Crippen LogP contribution in [-0.2, 0) is 17.9 Å². The fraction of sp³-hybridized carbons (Fsp3) is 0.250. The first-order valence-corrected chi connectivity index (χ1v) is 10.3. The molecule has 0 bridgehead atoms. The van der Waals surface area contributed by atoms with Crippen LogP contribution in [-0.4, -0.2) is 38.2 Å². The van der Waals surface area contributed by atoms with Gasteiger partial charge in [0.25, 0.3) is 11.5 Å². The molecule has 1 fully saturated rings. The van der Waals surface area contributed by atoms with Gasteiger partial charge in [0.15, 0.2) is 17.2 Å². The Bertz CT molecular complexity index is 1230. The summed E-state index contributed by atoms with van der Waals surface area (Å²) in [6.07, 6.45) is 0. The predicted molar refractivity (Wildman–Crippen MR) is 113 cm³/mol. The summed E-state index contributed by atoms with van der Waals surface area (Å²) in [6.45, 7) is 0.884. The molecular weight excluding hydrogens is 415 g/mol. The fourth-order valence-electron chi connectivity index (χ4n) is 4.52. The highest BCUT2D eigenvalue weighted by Crippen LogP contribution is 2.53. The molecule has 1 saturated carbocycles. The van der Waals surface area contributed by atoms with E-state index in [0.717, 1.165) is 11.6 Å². The van der Waals surface area contributed by atoms with Gasteiger partial charge < -0.3 is 19.8 Å². The molecule has 2 aromatic carbocycles. The standard InChI is InChI=1S/C24H21FN2O5/c25-16-8-6-14(7-9-16)11-26-20-17(13-32-12-15-4-2-1-3-5-15)21(20)27-19(29)10-18(28)23(30)22(27)24(26)31/h1-10,17,20-21,28,30H,11-13H2. The Morgan fingerprint density at radius 1 is 0.938 bits per heavy atom. The van der Waals surface area contributed by atoms with E-state index in [4.69, 9.17) is 4.74 Å². The van der Waals surface area contributed by atoms with Gasteiger partial charge in [-0.15, -0.1) is 0 Å². The first-order valence-electron chi connectivity index (χ1n) is 10.3. The minimum Gasteiger partial charge on any atom is -0.504 e. The molecule has 0 radical (unpaired) electrons. The van der Waals surface area contributed by atoms with Gasteiger partial charge in [0.1, 0.15) is 5.82 Å². The number of nitrogens with zero attached hydrogens (tertiary/aromatic N) is 2. The maximum atomic E-state index is 13.3. The molecule has 2 N–H and O–H groups in total. The minimum absolute atomic E-state index is 0.161. The molecule has 164 valence electrons.